The second-order valence-electron chi connectivity index (χ2n) is 8.86. The number of carbonyl (C=O) groups excluding carboxylic acids is 2. The maximum atomic E-state index is 13.3. The van der Waals surface area contributed by atoms with Gasteiger partial charge in [-0.3, -0.25) is 14.5 Å². The van der Waals surface area contributed by atoms with E-state index in [9.17, 15) is 9.59 Å². The van der Waals surface area contributed by atoms with E-state index in [0.717, 1.165) is 40.5 Å². The highest BCUT2D eigenvalue weighted by molar-refractivity contribution is 8.15. The normalized spacial score (nSPS) is 20.7. The summed E-state index contributed by atoms with van der Waals surface area (Å²) >= 11 is 1.42. The first kappa shape index (κ1) is 22.6. The lowest BCUT2D eigenvalue weighted by Gasteiger charge is -2.26. The fourth-order valence-corrected chi connectivity index (χ4v) is 5.62. The minimum atomic E-state index is -0.438. The lowest BCUT2D eigenvalue weighted by Crippen LogP contribution is -2.37. The molecule has 4 rings (SSSR count). The Kier molecular flexibility index (Phi) is 7.30. The van der Waals surface area contributed by atoms with Crippen molar-refractivity contribution in [1.82, 2.24) is 4.90 Å². The molecule has 5 nitrogen and oxygen atoms in total. The van der Waals surface area contributed by atoms with Gasteiger partial charge >= 0.3 is 0 Å². The van der Waals surface area contributed by atoms with E-state index in [4.69, 9.17) is 4.99 Å². The number of hydrogen-bond donors (Lipinski definition) is 1. The third-order valence-electron chi connectivity index (χ3n) is 6.19. The number of hydrogen-bond acceptors (Lipinski definition) is 4. The van der Waals surface area contributed by atoms with Gasteiger partial charge in [0, 0.05) is 18.7 Å². The summed E-state index contributed by atoms with van der Waals surface area (Å²) in [5, 5.41) is 3.26. The highest BCUT2D eigenvalue weighted by Crippen LogP contribution is 2.34. The molecule has 2 aromatic carbocycles. The van der Waals surface area contributed by atoms with Gasteiger partial charge in [-0.05, 0) is 56.4 Å². The second-order valence-corrected chi connectivity index (χ2v) is 10.0. The Hall–Kier alpha value is -2.60. The number of nitrogens with one attached hydrogen (secondary N) is 1. The molecule has 1 aliphatic heterocycles. The smallest absolute Gasteiger partial charge is 0.242 e. The van der Waals surface area contributed by atoms with Crippen LogP contribution in [0.25, 0.3) is 0 Å². The number of aliphatic imine (C=N–C) groups is 1. The SMILES string of the molecule is Cc1ccc(NC(=O)CC2SC(=Nc3ccccc3)N(CC3CCCCC3)C2=O)c(C)c1. The van der Waals surface area contributed by atoms with E-state index in [-0.39, 0.29) is 18.2 Å². The Morgan fingerprint density at radius 2 is 1.84 bits per heavy atom. The van der Waals surface area contributed by atoms with Crippen molar-refractivity contribution in [3.8, 4) is 0 Å². The van der Waals surface area contributed by atoms with Crippen molar-refractivity contribution in [2.45, 2.75) is 57.6 Å². The van der Waals surface area contributed by atoms with E-state index in [1.54, 1.807) is 0 Å². The van der Waals surface area contributed by atoms with Crippen molar-refractivity contribution in [3.05, 3.63) is 59.7 Å². The predicted molar refractivity (Wildman–Crippen MR) is 132 cm³/mol. The Bertz CT molecular complexity index is 999. The summed E-state index contributed by atoms with van der Waals surface area (Å²) in [5.74, 6) is 0.379. The molecular formula is C26H31N3O2S. The number of benzene rings is 2. The zero-order valence-electron chi connectivity index (χ0n) is 18.8. The Balaban J connectivity index is 1.49. The van der Waals surface area contributed by atoms with Gasteiger partial charge in [-0.15, -0.1) is 0 Å². The number of aryl methyl sites for hydroxylation is 2. The van der Waals surface area contributed by atoms with Crippen molar-refractivity contribution in [2.75, 3.05) is 11.9 Å². The first-order chi connectivity index (χ1) is 15.5. The number of para-hydroxylation sites is 1. The third-order valence-corrected chi connectivity index (χ3v) is 7.37. The van der Waals surface area contributed by atoms with Crippen molar-refractivity contribution < 1.29 is 9.59 Å². The van der Waals surface area contributed by atoms with E-state index < -0.39 is 5.25 Å². The Morgan fingerprint density at radius 1 is 1.09 bits per heavy atom. The van der Waals surface area contributed by atoms with Gasteiger partial charge in [0.25, 0.3) is 0 Å². The number of amidine groups is 1. The van der Waals surface area contributed by atoms with E-state index in [1.165, 1.54) is 31.0 Å². The number of anilines is 1. The van der Waals surface area contributed by atoms with E-state index in [2.05, 4.69) is 5.32 Å². The van der Waals surface area contributed by atoms with Crippen molar-refractivity contribution in [2.24, 2.45) is 10.9 Å². The summed E-state index contributed by atoms with van der Waals surface area (Å²) in [4.78, 5) is 32.7. The highest BCUT2D eigenvalue weighted by Gasteiger charge is 2.40. The topological polar surface area (TPSA) is 61.8 Å². The number of carbonyl (C=O) groups is 2. The molecule has 1 N–H and O–H groups in total. The maximum Gasteiger partial charge on any atom is 0.242 e. The molecule has 1 unspecified atom stereocenters. The molecule has 1 heterocycles. The Morgan fingerprint density at radius 3 is 2.56 bits per heavy atom. The fraction of sp³-hybridized carbons (Fsp3) is 0.423. The third kappa shape index (κ3) is 5.60. The molecule has 1 saturated heterocycles. The van der Waals surface area contributed by atoms with Crippen LogP contribution in [0.2, 0.25) is 0 Å². The average molecular weight is 450 g/mol. The minimum Gasteiger partial charge on any atom is -0.326 e. The molecule has 0 spiro atoms. The van der Waals surface area contributed by atoms with Gasteiger partial charge in [-0.2, -0.15) is 0 Å². The zero-order valence-corrected chi connectivity index (χ0v) is 19.7. The quantitative estimate of drug-likeness (QED) is 0.602. The van der Waals surface area contributed by atoms with Crippen molar-refractivity contribution >= 4 is 40.1 Å². The average Bonchev–Trinajstić information content (AvgIpc) is 3.06. The first-order valence-corrected chi connectivity index (χ1v) is 12.4. The molecule has 1 saturated carbocycles. The number of amides is 2. The van der Waals surface area contributed by atoms with Crippen LogP contribution in [0.1, 0.15) is 49.7 Å². The van der Waals surface area contributed by atoms with E-state index in [0.29, 0.717) is 12.5 Å². The van der Waals surface area contributed by atoms with Crippen molar-refractivity contribution in [1.29, 1.82) is 0 Å². The summed E-state index contributed by atoms with van der Waals surface area (Å²) in [6.45, 7) is 4.71. The molecule has 6 heteroatoms. The fourth-order valence-electron chi connectivity index (χ4n) is 4.46. The molecule has 2 aliphatic rings. The van der Waals surface area contributed by atoms with Crippen LogP contribution < -0.4 is 5.32 Å². The summed E-state index contributed by atoms with van der Waals surface area (Å²) in [6.07, 6.45) is 6.20. The lowest BCUT2D eigenvalue weighted by molar-refractivity contribution is -0.128. The van der Waals surface area contributed by atoms with Crippen LogP contribution in [0.4, 0.5) is 11.4 Å². The van der Waals surface area contributed by atoms with Crippen LogP contribution in [-0.2, 0) is 9.59 Å². The van der Waals surface area contributed by atoms with Gasteiger partial charge < -0.3 is 5.32 Å². The summed E-state index contributed by atoms with van der Waals surface area (Å²) in [6, 6.07) is 15.7. The van der Waals surface area contributed by atoms with E-state index in [1.807, 2.05) is 67.3 Å². The zero-order chi connectivity index (χ0) is 22.5. The lowest BCUT2D eigenvalue weighted by atomic mass is 9.89. The monoisotopic (exact) mass is 449 g/mol. The maximum absolute atomic E-state index is 13.3. The van der Waals surface area contributed by atoms with Crippen molar-refractivity contribution in [3.63, 3.8) is 0 Å². The van der Waals surface area contributed by atoms with Crippen LogP contribution in [0.15, 0.2) is 53.5 Å². The summed E-state index contributed by atoms with van der Waals surface area (Å²) in [5.41, 5.74) is 3.81. The molecular weight excluding hydrogens is 418 g/mol. The molecule has 2 aromatic rings. The minimum absolute atomic E-state index is 0.00559. The van der Waals surface area contributed by atoms with Gasteiger partial charge in [0.15, 0.2) is 5.17 Å². The van der Waals surface area contributed by atoms with Gasteiger partial charge in [0.2, 0.25) is 11.8 Å². The molecule has 1 aliphatic carbocycles. The molecule has 0 aromatic heterocycles. The predicted octanol–water partition coefficient (Wildman–Crippen LogP) is 5.84. The van der Waals surface area contributed by atoms with Crippen LogP contribution in [0, 0.1) is 19.8 Å². The van der Waals surface area contributed by atoms with Gasteiger partial charge in [0.1, 0.15) is 5.25 Å². The Labute approximate surface area is 194 Å². The van der Waals surface area contributed by atoms with Gasteiger partial charge in [-0.1, -0.05) is 66.9 Å². The van der Waals surface area contributed by atoms with Crippen LogP contribution >= 0.6 is 11.8 Å². The summed E-state index contributed by atoms with van der Waals surface area (Å²) < 4.78 is 0. The van der Waals surface area contributed by atoms with Gasteiger partial charge in [0.05, 0.1) is 5.69 Å². The molecule has 0 radical (unpaired) electrons. The van der Waals surface area contributed by atoms with Crippen LogP contribution in [-0.4, -0.2) is 33.7 Å². The molecule has 2 amide bonds. The number of nitrogens with zero attached hydrogens (tertiary/aromatic N) is 2. The first-order valence-electron chi connectivity index (χ1n) is 11.5. The largest absolute Gasteiger partial charge is 0.326 e. The molecule has 168 valence electrons. The van der Waals surface area contributed by atoms with Crippen LogP contribution in [0.5, 0.6) is 0 Å². The highest BCUT2D eigenvalue weighted by atomic mass is 32.2. The standard InChI is InChI=1S/C26H31N3O2S/c1-18-13-14-22(19(2)15-18)28-24(30)16-23-25(31)29(17-20-9-5-3-6-10-20)26(32-23)27-21-11-7-4-8-12-21/h4,7-8,11-15,20,23H,3,5-6,9-10,16-17H2,1-2H3,(H,28,30). The molecule has 32 heavy (non-hydrogen) atoms. The molecule has 0 bridgehead atoms. The number of rotatable bonds is 6. The van der Waals surface area contributed by atoms with Crippen LogP contribution in [0.3, 0.4) is 0 Å². The number of thioether (sulfide) groups is 1. The van der Waals surface area contributed by atoms with E-state index >= 15 is 0 Å². The van der Waals surface area contributed by atoms with Gasteiger partial charge in [-0.25, -0.2) is 4.99 Å². The second kappa shape index (κ2) is 10.3. The molecule has 2 fully saturated rings. The molecule has 1 atom stereocenters. The summed E-state index contributed by atoms with van der Waals surface area (Å²) in [7, 11) is 0.